The van der Waals surface area contributed by atoms with E-state index in [2.05, 4.69) is 26.3 Å². The Kier molecular flexibility index (Phi) is 6.81. The lowest BCUT2D eigenvalue weighted by molar-refractivity contribution is -0.136. The van der Waals surface area contributed by atoms with Gasteiger partial charge in [0.05, 0.1) is 10.9 Å². The van der Waals surface area contributed by atoms with Gasteiger partial charge in [-0.1, -0.05) is 18.2 Å². The molecule has 3 aliphatic rings. The van der Waals surface area contributed by atoms with Crippen molar-refractivity contribution in [3.8, 4) is 5.82 Å². The first-order chi connectivity index (χ1) is 20.9. The van der Waals surface area contributed by atoms with Gasteiger partial charge in [0.2, 0.25) is 11.8 Å². The number of fused-ring (bicyclic) bond motifs is 2. The lowest BCUT2D eigenvalue weighted by Gasteiger charge is -2.32. The summed E-state index contributed by atoms with van der Waals surface area (Å²) in [7, 11) is 0. The standard InChI is InChI=1S/C32H29FN6O4/c33-25-2-1-11-34-29(25)39-18-35-26-6-3-19(14-24(26)32(39)43)16-37-12-9-20(10-13-37)21-4-5-23-22(15-21)17-38(31(23)42)27-7-8-28(40)36-30(27)41/h1-6,11,14-15,18,20,27H,7-10,12-13,16-17H2,(H,36,40,41). The van der Waals surface area contributed by atoms with Gasteiger partial charge < -0.3 is 4.90 Å². The van der Waals surface area contributed by atoms with Gasteiger partial charge in [0, 0.05) is 31.3 Å². The van der Waals surface area contributed by atoms with Crippen LogP contribution in [0, 0.1) is 5.82 Å². The molecule has 0 radical (unpaired) electrons. The predicted molar refractivity (Wildman–Crippen MR) is 155 cm³/mol. The van der Waals surface area contributed by atoms with E-state index in [1.807, 2.05) is 30.3 Å². The average Bonchev–Trinajstić information content (AvgIpc) is 3.33. The number of hydrogen-bond donors (Lipinski definition) is 1. The lowest BCUT2D eigenvalue weighted by Crippen LogP contribution is -2.52. The third kappa shape index (κ3) is 4.99. The maximum atomic E-state index is 14.3. The fourth-order valence-electron chi connectivity index (χ4n) is 6.50. The molecule has 2 fully saturated rings. The normalized spacial score (nSPS) is 19.6. The van der Waals surface area contributed by atoms with Crippen molar-refractivity contribution in [3.63, 3.8) is 0 Å². The number of carbonyl (C=O) groups excluding carboxylic acids is 3. The average molecular weight is 581 g/mol. The fraction of sp³-hybridized carbons (Fsp3) is 0.312. The zero-order valence-electron chi connectivity index (χ0n) is 23.3. The first-order valence-corrected chi connectivity index (χ1v) is 14.5. The molecule has 0 saturated carbocycles. The largest absolute Gasteiger partial charge is 0.322 e. The molecule has 3 amide bonds. The van der Waals surface area contributed by atoms with Crippen LogP contribution in [0.4, 0.5) is 4.39 Å². The zero-order chi connectivity index (χ0) is 29.7. The SMILES string of the molecule is O=C1CCC(N2Cc3cc(C4CCN(Cc5ccc6ncn(-c7ncccc7F)c(=O)c6c5)CC4)ccc3C2=O)C(=O)N1. The van der Waals surface area contributed by atoms with Crippen LogP contribution in [0.1, 0.15) is 58.6 Å². The van der Waals surface area contributed by atoms with E-state index in [1.54, 1.807) is 4.90 Å². The summed E-state index contributed by atoms with van der Waals surface area (Å²) in [5, 5.41) is 2.76. The van der Waals surface area contributed by atoms with Crippen molar-refractivity contribution in [3.05, 3.63) is 99.5 Å². The van der Waals surface area contributed by atoms with Crippen LogP contribution in [0.3, 0.4) is 0 Å². The van der Waals surface area contributed by atoms with Crippen LogP contribution in [0.25, 0.3) is 16.7 Å². The number of rotatable bonds is 5. The summed E-state index contributed by atoms with van der Waals surface area (Å²) < 4.78 is 15.4. The molecule has 3 aliphatic heterocycles. The minimum absolute atomic E-state index is 0.0750. The number of imide groups is 1. The van der Waals surface area contributed by atoms with Crippen molar-refractivity contribution in [2.45, 2.75) is 50.7 Å². The molecule has 43 heavy (non-hydrogen) atoms. The fourth-order valence-corrected chi connectivity index (χ4v) is 6.50. The minimum Gasteiger partial charge on any atom is -0.322 e. The Bertz CT molecular complexity index is 1850. The topological polar surface area (TPSA) is 118 Å². The Morgan fingerprint density at radius 1 is 0.953 bits per heavy atom. The summed E-state index contributed by atoms with van der Waals surface area (Å²) in [6, 6.07) is 13.7. The Balaban J connectivity index is 1.02. The van der Waals surface area contributed by atoms with E-state index >= 15 is 0 Å². The molecule has 5 heterocycles. The third-order valence-corrected chi connectivity index (χ3v) is 8.80. The highest BCUT2D eigenvalue weighted by molar-refractivity contribution is 6.05. The van der Waals surface area contributed by atoms with Crippen LogP contribution in [-0.2, 0) is 22.7 Å². The van der Waals surface area contributed by atoms with Crippen molar-refractivity contribution >= 4 is 28.6 Å². The van der Waals surface area contributed by atoms with Gasteiger partial charge >= 0.3 is 0 Å². The Hall–Kier alpha value is -4.77. The molecule has 218 valence electrons. The predicted octanol–water partition coefficient (Wildman–Crippen LogP) is 3.06. The van der Waals surface area contributed by atoms with Crippen LogP contribution in [0.5, 0.6) is 0 Å². The van der Waals surface area contributed by atoms with Crippen molar-refractivity contribution in [2.24, 2.45) is 0 Å². The van der Waals surface area contributed by atoms with Crippen molar-refractivity contribution in [1.82, 2.24) is 29.7 Å². The van der Waals surface area contributed by atoms with E-state index in [-0.39, 0.29) is 29.6 Å². The van der Waals surface area contributed by atoms with Gasteiger partial charge in [0.25, 0.3) is 11.5 Å². The molecule has 0 aliphatic carbocycles. The number of halogens is 1. The monoisotopic (exact) mass is 580 g/mol. The van der Waals surface area contributed by atoms with Gasteiger partial charge in [-0.2, -0.15) is 0 Å². The number of nitrogens with one attached hydrogen (secondary N) is 1. The molecule has 4 aromatic rings. The number of pyridine rings is 1. The Morgan fingerprint density at radius 2 is 1.79 bits per heavy atom. The summed E-state index contributed by atoms with van der Waals surface area (Å²) in [5.74, 6) is -1.17. The molecule has 7 rings (SSSR count). The number of likely N-dealkylation sites (tertiary alicyclic amines) is 1. The minimum atomic E-state index is -0.616. The van der Waals surface area contributed by atoms with Crippen LogP contribution in [0.2, 0.25) is 0 Å². The number of carbonyl (C=O) groups is 3. The Labute approximate surface area is 246 Å². The van der Waals surface area contributed by atoms with E-state index in [4.69, 9.17) is 0 Å². The van der Waals surface area contributed by atoms with E-state index in [0.29, 0.717) is 41.9 Å². The smallest absolute Gasteiger partial charge is 0.267 e. The molecule has 2 aromatic carbocycles. The maximum Gasteiger partial charge on any atom is 0.267 e. The van der Waals surface area contributed by atoms with E-state index in [9.17, 15) is 23.6 Å². The Morgan fingerprint density at radius 3 is 2.58 bits per heavy atom. The number of nitrogens with zero attached hydrogens (tertiary/aromatic N) is 5. The summed E-state index contributed by atoms with van der Waals surface area (Å²) in [5.41, 5.74) is 3.90. The summed E-state index contributed by atoms with van der Waals surface area (Å²) >= 11 is 0. The highest BCUT2D eigenvalue weighted by Gasteiger charge is 2.39. The molecule has 2 aromatic heterocycles. The number of piperidine rings is 2. The number of benzene rings is 2. The quantitative estimate of drug-likeness (QED) is 0.361. The lowest BCUT2D eigenvalue weighted by atomic mass is 9.87. The van der Waals surface area contributed by atoms with E-state index in [0.717, 1.165) is 41.6 Å². The van der Waals surface area contributed by atoms with Crippen LogP contribution < -0.4 is 10.9 Å². The first-order valence-electron chi connectivity index (χ1n) is 14.5. The van der Waals surface area contributed by atoms with Crippen LogP contribution in [-0.4, -0.2) is 61.2 Å². The zero-order valence-corrected chi connectivity index (χ0v) is 23.3. The molecule has 1 atom stereocenters. The molecule has 11 heteroatoms. The van der Waals surface area contributed by atoms with Crippen molar-refractivity contribution < 1.29 is 18.8 Å². The molecule has 1 unspecified atom stereocenters. The molecular formula is C32H29FN6O4. The van der Waals surface area contributed by atoms with Gasteiger partial charge in [-0.05, 0) is 85.3 Å². The van der Waals surface area contributed by atoms with Crippen molar-refractivity contribution in [2.75, 3.05) is 13.1 Å². The first kappa shape index (κ1) is 27.1. The molecule has 0 spiro atoms. The second-order valence-electron chi connectivity index (χ2n) is 11.4. The molecular weight excluding hydrogens is 551 g/mol. The number of hydrogen-bond acceptors (Lipinski definition) is 7. The van der Waals surface area contributed by atoms with E-state index in [1.165, 1.54) is 30.2 Å². The van der Waals surface area contributed by atoms with Crippen LogP contribution >= 0.6 is 0 Å². The maximum absolute atomic E-state index is 14.3. The second-order valence-corrected chi connectivity index (χ2v) is 11.4. The van der Waals surface area contributed by atoms with Gasteiger partial charge in [-0.25, -0.2) is 18.9 Å². The summed E-state index contributed by atoms with van der Waals surface area (Å²) in [6.45, 7) is 2.79. The molecule has 0 bridgehead atoms. The van der Waals surface area contributed by atoms with Gasteiger partial charge in [-0.15, -0.1) is 0 Å². The van der Waals surface area contributed by atoms with Crippen LogP contribution in [0.15, 0.2) is 65.8 Å². The third-order valence-electron chi connectivity index (χ3n) is 8.80. The highest BCUT2D eigenvalue weighted by Crippen LogP contribution is 2.34. The number of amides is 3. The summed E-state index contributed by atoms with van der Waals surface area (Å²) in [6.07, 6.45) is 5.23. The van der Waals surface area contributed by atoms with Crippen molar-refractivity contribution in [1.29, 1.82) is 0 Å². The van der Waals surface area contributed by atoms with E-state index < -0.39 is 17.8 Å². The number of aromatic nitrogens is 3. The van der Waals surface area contributed by atoms with Gasteiger partial charge in [0.1, 0.15) is 12.4 Å². The van der Waals surface area contributed by atoms with Gasteiger partial charge in [-0.3, -0.25) is 29.4 Å². The van der Waals surface area contributed by atoms with Gasteiger partial charge in [0.15, 0.2) is 11.6 Å². The molecule has 2 saturated heterocycles. The second kappa shape index (κ2) is 10.8. The highest BCUT2D eigenvalue weighted by atomic mass is 19.1. The molecule has 10 nitrogen and oxygen atoms in total. The molecule has 1 N–H and O–H groups in total. The summed E-state index contributed by atoms with van der Waals surface area (Å²) in [4.78, 5) is 62.5.